The normalized spacial score (nSPS) is 36.5. The molecular weight excluding hydrogens is 176 g/mol. The molecule has 13 heavy (non-hydrogen) atoms. The van der Waals surface area contributed by atoms with E-state index in [-0.39, 0.29) is 13.2 Å². The topological polar surface area (TPSA) is 79.2 Å². The Morgan fingerprint density at radius 1 is 1.54 bits per heavy atom. The molecule has 3 N–H and O–H groups in total. The molecule has 0 amide bonds. The minimum absolute atomic E-state index is 0.0645. The highest BCUT2D eigenvalue weighted by Crippen LogP contribution is 2.17. The van der Waals surface area contributed by atoms with Crippen LogP contribution in [0.5, 0.6) is 0 Å². The van der Waals surface area contributed by atoms with Crippen molar-refractivity contribution in [3.63, 3.8) is 0 Å². The van der Waals surface area contributed by atoms with Crippen molar-refractivity contribution in [2.45, 2.75) is 31.3 Å². The minimum atomic E-state index is -1.02. The van der Waals surface area contributed by atoms with Crippen LogP contribution >= 0.6 is 0 Å². The highest BCUT2D eigenvalue weighted by atomic mass is 16.5. The summed E-state index contributed by atoms with van der Waals surface area (Å²) < 4.78 is 9.97. The van der Waals surface area contributed by atoms with E-state index in [2.05, 4.69) is 0 Å². The summed E-state index contributed by atoms with van der Waals surface area (Å²) in [6.45, 7) is 2.50. The molecule has 0 bridgehead atoms. The molecule has 1 fully saturated rings. The average Bonchev–Trinajstić information content (AvgIpc) is 2.44. The molecule has 78 valence electrons. The van der Waals surface area contributed by atoms with Gasteiger partial charge in [-0.25, -0.2) is 0 Å². The van der Waals surface area contributed by atoms with Crippen LogP contribution in [0.25, 0.3) is 0 Å². The Labute approximate surface area is 76.9 Å². The van der Waals surface area contributed by atoms with Gasteiger partial charge in [0.05, 0.1) is 13.2 Å². The van der Waals surface area contributed by atoms with Crippen LogP contribution in [-0.2, 0) is 9.47 Å². The molecule has 1 aliphatic rings. The van der Waals surface area contributed by atoms with Crippen molar-refractivity contribution in [3.8, 4) is 0 Å². The third-order valence-corrected chi connectivity index (χ3v) is 2.06. The molecule has 0 saturated carbocycles. The van der Waals surface area contributed by atoms with E-state index in [1.165, 1.54) is 0 Å². The first-order chi connectivity index (χ1) is 6.16. The summed E-state index contributed by atoms with van der Waals surface area (Å²) in [5.74, 6) is 0. The van der Waals surface area contributed by atoms with Gasteiger partial charge in [-0.1, -0.05) is 0 Å². The van der Waals surface area contributed by atoms with Crippen molar-refractivity contribution in [1.82, 2.24) is 0 Å². The van der Waals surface area contributed by atoms with Crippen LogP contribution in [0.15, 0.2) is 0 Å². The standard InChI is InChI=1S/C8H16O5/c1-2-12-3-6(10)8-7(11)5(9)4-13-8/h5-11H,2-4H2,1H3/t5-,6?,7?,8?/m1/s1. The lowest BCUT2D eigenvalue weighted by Gasteiger charge is -2.20. The number of rotatable bonds is 4. The zero-order valence-corrected chi connectivity index (χ0v) is 7.59. The molecule has 0 aromatic heterocycles. The van der Waals surface area contributed by atoms with Gasteiger partial charge in [0.25, 0.3) is 0 Å². The fourth-order valence-electron chi connectivity index (χ4n) is 1.30. The van der Waals surface area contributed by atoms with Crippen LogP contribution < -0.4 is 0 Å². The molecule has 0 aromatic rings. The summed E-state index contributed by atoms with van der Waals surface area (Å²) >= 11 is 0. The fourth-order valence-corrected chi connectivity index (χ4v) is 1.30. The lowest BCUT2D eigenvalue weighted by Crippen LogP contribution is -2.40. The van der Waals surface area contributed by atoms with Crippen molar-refractivity contribution in [3.05, 3.63) is 0 Å². The number of ether oxygens (including phenoxy) is 2. The van der Waals surface area contributed by atoms with Gasteiger partial charge in [-0.3, -0.25) is 0 Å². The van der Waals surface area contributed by atoms with Gasteiger partial charge in [0.1, 0.15) is 24.4 Å². The summed E-state index contributed by atoms with van der Waals surface area (Å²) in [6.07, 6.45) is -3.54. The number of aliphatic hydroxyl groups excluding tert-OH is 3. The Hall–Kier alpha value is -0.200. The quantitative estimate of drug-likeness (QED) is 0.505. The van der Waals surface area contributed by atoms with Gasteiger partial charge in [0.15, 0.2) is 0 Å². The van der Waals surface area contributed by atoms with Gasteiger partial charge >= 0.3 is 0 Å². The van der Waals surface area contributed by atoms with E-state index in [1.807, 2.05) is 6.92 Å². The molecule has 1 saturated heterocycles. The van der Waals surface area contributed by atoms with Gasteiger partial charge < -0.3 is 24.8 Å². The second kappa shape index (κ2) is 4.88. The van der Waals surface area contributed by atoms with Gasteiger partial charge in [-0.15, -0.1) is 0 Å². The van der Waals surface area contributed by atoms with E-state index >= 15 is 0 Å². The molecular formula is C8H16O5. The zero-order chi connectivity index (χ0) is 9.84. The molecule has 1 aliphatic heterocycles. The van der Waals surface area contributed by atoms with Crippen molar-refractivity contribution in [2.75, 3.05) is 19.8 Å². The minimum Gasteiger partial charge on any atom is -0.388 e. The fraction of sp³-hybridized carbons (Fsp3) is 1.00. The van der Waals surface area contributed by atoms with Crippen molar-refractivity contribution < 1.29 is 24.8 Å². The van der Waals surface area contributed by atoms with Crippen LogP contribution in [0.2, 0.25) is 0 Å². The van der Waals surface area contributed by atoms with Crippen molar-refractivity contribution in [2.24, 2.45) is 0 Å². The first kappa shape index (κ1) is 10.9. The van der Waals surface area contributed by atoms with Crippen LogP contribution in [0, 0.1) is 0 Å². The Balaban J connectivity index is 2.34. The molecule has 1 rings (SSSR count). The number of hydrogen-bond donors (Lipinski definition) is 3. The average molecular weight is 192 g/mol. The third kappa shape index (κ3) is 2.62. The van der Waals surface area contributed by atoms with Gasteiger partial charge in [0, 0.05) is 6.61 Å². The van der Waals surface area contributed by atoms with E-state index in [4.69, 9.17) is 14.6 Å². The second-order valence-corrected chi connectivity index (χ2v) is 3.08. The number of hydrogen-bond acceptors (Lipinski definition) is 5. The van der Waals surface area contributed by atoms with Gasteiger partial charge in [0.2, 0.25) is 0 Å². The van der Waals surface area contributed by atoms with Crippen molar-refractivity contribution >= 4 is 0 Å². The van der Waals surface area contributed by atoms with Crippen LogP contribution in [0.4, 0.5) is 0 Å². The molecule has 0 aliphatic carbocycles. The predicted octanol–water partition coefficient (Wildman–Crippen LogP) is -1.50. The predicted molar refractivity (Wildman–Crippen MR) is 44.3 cm³/mol. The molecule has 0 spiro atoms. The summed E-state index contributed by atoms with van der Waals surface area (Å²) in [4.78, 5) is 0. The van der Waals surface area contributed by atoms with Crippen LogP contribution in [-0.4, -0.2) is 59.6 Å². The van der Waals surface area contributed by atoms with E-state index in [1.54, 1.807) is 0 Å². The van der Waals surface area contributed by atoms with Gasteiger partial charge in [-0.05, 0) is 6.92 Å². The van der Waals surface area contributed by atoms with Crippen LogP contribution in [0.1, 0.15) is 6.92 Å². The highest BCUT2D eigenvalue weighted by molar-refractivity contribution is 4.87. The van der Waals surface area contributed by atoms with E-state index in [0.717, 1.165) is 0 Å². The zero-order valence-electron chi connectivity index (χ0n) is 7.59. The second-order valence-electron chi connectivity index (χ2n) is 3.08. The molecule has 5 heteroatoms. The third-order valence-electron chi connectivity index (χ3n) is 2.06. The van der Waals surface area contributed by atoms with E-state index < -0.39 is 24.4 Å². The Morgan fingerprint density at radius 2 is 2.23 bits per heavy atom. The monoisotopic (exact) mass is 192 g/mol. The van der Waals surface area contributed by atoms with Crippen LogP contribution in [0.3, 0.4) is 0 Å². The van der Waals surface area contributed by atoms with Gasteiger partial charge in [-0.2, -0.15) is 0 Å². The molecule has 3 unspecified atom stereocenters. The first-order valence-electron chi connectivity index (χ1n) is 4.40. The maximum atomic E-state index is 9.45. The summed E-state index contributed by atoms with van der Waals surface area (Å²) in [5.41, 5.74) is 0. The summed E-state index contributed by atoms with van der Waals surface area (Å²) in [5, 5.41) is 27.9. The molecule has 0 radical (unpaired) electrons. The van der Waals surface area contributed by atoms with Crippen molar-refractivity contribution in [1.29, 1.82) is 0 Å². The summed E-state index contributed by atoms with van der Waals surface area (Å²) in [7, 11) is 0. The maximum absolute atomic E-state index is 9.45. The molecule has 0 aromatic carbocycles. The smallest absolute Gasteiger partial charge is 0.114 e. The largest absolute Gasteiger partial charge is 0.388 e. The maximum Gasteiger partial charge on any atom is 0.114 e. The Kier molecular flexibility index (Phi) is 4.08. The molecule has 1 heterocycles. The van der Waals surface area contributed by atoms with E-state index in [0.29, 0.717) is 6.61 Å². The Morgan fingerprint density at radius 3 is 2.69 bits per heavy atom. The summed E-state index contributed by atoms with van der Waals surface area (Å²) in [6, 6.07) is 0. The SMILES string of the molecule is CCOCC(O)C1OC[C@@H](O)C1O. The van der Waals surface area contributed by atoms with E-state index in [9.17, 15) is 10.2 Å². The lowest BCUT2D eigenvalue weighted by atomic mass is 10.1. The molecule has 4 atom stereocenters. The number of aliphatic hydroxyl groups is 3. The Bertz CT molecular complexity index is 151. The first-order valence-corrected chi connectivity index (χ1v) is 4.40. The highest BCUT2D eigenvalue weighted by Gasteiger charge is 2.39. The lowest BCUT2D eigenvalue weighted by molar-refractivity contribution is -0.0797. The molecule has 5 nitrogen and oxygen atoms in total.